The van der Waals surface area contributed by atoms with Crippen LogP contribution in [0.25, 0.3) is 11.1 Å². The first kappa shape index (κ1) is 11.2. The van der Waals surface area contributed by atoms with Gasteiger partial charge in [-0.2, -0.15) is 5.10 Å². The van der Waals surface area contributed by atoms with E-state index >= 15 is 0 Å². The molecule has 0 fully saturated rings. The first-order chi connectivity index (χ1) is 8.02. The normalized spacial score (nSPS) is 10.5. The number of nitrogens with zero attached hydrogens (tertiary/aromatic N) is 2. The van der Waals surface area contributed by atoms with Gasteiger partial charge in [-0.05, 0) is 18.1 Å². The van der Waals surface area contributed by atoms with E-state index < -0.39 is 5.97 Å². The average Bonchev–Trinajstić information content (AvgIpc) is 2.57. The molecular formula is C12H13N3O2. The molecule has 0 aliphatic rings. The highest BCUT2D eigenvalue weighted by Crippen LogP contribution is 2.31. The number of aromatic nitrogens is 2. The van der Waals surface area contributed by atoms with Gasteiger partial charge in [0, 0.05) is 7.05 Å². The Labute approximate surface area is 98.5 Å². The molecule has 0 spiro atoms. The summed E-state index contributed by atoms with van der Waals surface area (Å²) in [5.74, 6) is -0.716. The lowest BCUT2D eigenvalue weighted by molar-refractivity contribution is 0.0690. The van der Waals surface area contributed by atoms with Crippen molar-refractivity contribution in [3.63, 3.8) is 0 Å². The fraction of sp³-hybridized carbons (Fsp3) is 0.167. The Kier molecular flexibility index (Phi) is 2.59. The van der Waals surface area contributed by atoms with Gasteiger partial charge in [0.25, 0.3) is 0 Å². The van der Waals surface area contributed by atoms with Gasteiger partial charge in [-0.15, -0.1) is 0 Å². The van der Waals surface area contributed by atoms with Crippen LogP contribution in [0.3, 0.4) is 0 Å². The van der Waals surface area contributed by atoms with Crippen LogP contribution in [-0.4, -0.2) is 20.9 Å². The van der Waals surface area contributed by atoms with E-state index in [1.807, 2.05) is 31.2 Å². The number of aryl methyl sites for hydroxylation is 2. The maximum Gasteiger partial charge on any atom is 0.357 e. The van der Waals surface area contributed by atoms with Crippen molar-refractivity contribution in [2.75, 3.05) is 5.73 Å². The van der Waals surface area contributed by atoms with Crippen LogP contribution < -0.4 is 5.73 Å². The van der Waals surface area contributed by atoms with E-state index in [9.17, 15) is 4.79 Å². The van der Waals surface area contributed by atoms with E-state index in [0.717, 1.165) is 11.1 Å². The molecule has 1 heterocycles. The summed E-state index contributed by atoms with van der Waals surface area (Å²) >= 11 is 0. The third-order valence-corrected chi connectivity index (χ3v) is 2.71. The van der Waals surface area contributed by atoms with Crippen molar-refractivity contribution < 1.29 is 9.90 Å². The summed E-state index contributed by atoms with van der Waals surface area (Å²) in [4.78, 5) is 11.1. The zero-order chi connectivity index (χ0) is 12.6. The first-order valence-corrected chi connectivity index (χ1v) is 5.14. The van der Waals surface area contributed by atoms with Gasteiger partial charge in [-0.1, -0.05) is 24.3 Å². The highest BCUT2D eigenvalue weighted by atomic mass is 16.4. The number of carboxylic acid groups (broad SMARTS) is 1. The minimum atomic E-state index is -1.07. The van der Waals surface area contributed by atoms with E-state index in [0.29, 0.717) is 11.4 Å². The standard InChI is InChI=1S/C12H13N3O2/c1-7-5-3-4-6-8(7)9-10(12(16)17)14-15(2)11(9)13/h3-6H,13H2,1-2H3,(H,16,17). The van der Waals surface area contributed by atoms with Gasteiger partial charge in [-0.25, -0.2) is 4.79 Å². The van der Waals surface area contributed by atoms with Gasteiger partial charge in [-0.3, -0.25) is 4.68 Å². The van der Waals surface area contributed by atoms with Gasteiger partial charge in [0.05, 0.1) is 5.56 Å². The number of hydrogen-bond acceptors (Lipinski definition) is 3. The van der Waals surface area contributed by atoms with Crippen molar-refractivity contribution in [1.29, 1.82) is 0 Å². The molecule has 2 aromatic rings. The number of aromatic carboxylic acids is 1. The van der Waals surface area contributed by atoms with E-state index in [1.165, 1.54) is 4.68 Å². The summed E-state index contributed by atoms with van der Waals surface area (Å²) in [6.07, 6.45) is 0. The molecule has 2 rings (SSSR count). The number of benzene rings is 1. The van der Waals surface area contributed by atoms with Gasteiger partial charge in [0.1, 0.15) is 5.82 Å². The van der Waals surface area contributed by atoms with Gasteiger partial charge < -0.3 is 10.8 Å². The van der Waals surface area contributed by atoms with Crippen LogP contribution in [0.5, 0.6) is 0 Å². The Balaban J connectivity index is 2.75. The summed E-state index contributed by atoms with van der Waals surface area (Å²) in [6.45, 7) is 1.91. The molecule has 0 radical (unpaired) electrons. The molecule has 1 aromatic carbocycles. The molecule has 5 heteroatoms. The highest BCUT2D eigenvalue weighted by Gasteiger charge is 2.21. The molecule has 17 heavy (non-hydrogen) atoms. The number of nitrogen functional groups attached to an aromatic ring is 1. The van der Waals surface area contributed by atoms with Crippen LogP contribution in [0.2, 0.25) is 0 Å². The molecule has 5 nitrogen and oxygen atoms in total. The Morgan fingerprint density at radius 3 is 2.65 bits per heavy atom. The Morgan fingerprint density at radius 1 is 1.41 bits per heavy atom. The Hall–Kier alpha value is -2.30. The molecule has 1 aromatic heterocycles. The van der Waals surface area contributed by atoms with Gasteiger partial charge in [0.15, 0.2) is 5.69 Å². The monoisotopic (exact) mass is 231 g/mol. The maximum absolute atomic E-state index is 11.1. The van der Waals surface area contributed by atoms with E-state index in [1.54, 1.807) is 7.05 Å². The lowest BCUT2D eigenvalue weighted by atomic mass is 10.0. The fourth-order valence-electron chi connectivity index (χ4n) is 1.81. The molecule has 0 bridgehead atoms. The van der Waals surface area contributed by atoms with Gasteiger partial charge >= 0.3 is 5.97 Å². The Bertz CT molecular complexity index is 587. The van der Waals surface area contributed by atoms with Crippen molar-refractivity contribution in [1.82, 2.24) is 9.78 Å². The fourth-order valence-corrected chi connectivity index (χ4v) is 1.81. The highest BCUT2D eigenvalue weighted by molar-refractivity contribution is 5.98. The van der Waals surface area contributed by atoms with Crippen molar-refractivity contribution in [2.45, 2.75) is 6.92 Å². The predicted molar refractivity (Wildman–Crippen MR) is 64.8 cm³/mol. The number of carbonyl (C=O) groups is 1. The van der Waals surface area contributed by atoms with Crippen molar-refractivity contribution in [2.24, 2.45) is 7.05 Å². The van der Waals surface area contributed by atoms with E-state index in [-0.39, 0.29) is 5.69 Å². The second-order valence-electron chi connectivity index (χ2n) is 3.85. The van der Waals surface area contributed by atoms with Crippen LogP contribution >= 0.6 is 0 Å². The second kappa shape index (κ2) is 3.93. The molecule has 0 aliphatic carbocycles. The molecule has 0 unspecified atom stereocenters. The Morgan fingerprint density at radius 2 is 2.06 bits per heavy atom. The lowest BCUT2D eigenvalue weighted by Gasteiger charge is -2.05. The van der Waals surface area contributed by atoms with Crippen molar-refractivity contribution >= 4 is 11.8 Å². The zero-order valence-corrected chi connectivity index (χ0v) is 9.64. The maximum atomic E-state index is 11.1. The lowest BCUT2D eigenvalue weighted by Crippen LogP contribution is -2.00. The molecule has 0 atom stereocenters. The number of nitrogens with two attached hydrogens (primary N) is 1. The minimum absolute atomic E-state index is 0.0145. The van der Waals surface area contributed by atoms with Crippen LogP contribution in [0, 0.1) is 6.92 Å². The number of anilines is 1. The predicted octanol–water partition coefficient (Wildman–Crippen LogP) is 1.68. The van der Waals surface area contributed by atoms with Crippen LogP contribution in [0.4, 0.5) is 5.82 Å². The topological polar surface area (TPSA) is 81.1 Å². The summed E-state index contributed by atoms with van der Waals surface area (Å²) in [5, 5.41) is 13.0. The largest absolute Gasteiger partial charge is 0.476 e. The smallest absolute Gasteiger partial charge is 0.357 e. The molecule has 0 amide bonds. The molecule has 88 valence electrons. The minimum Gasteiger partial charge on any atom is -0.476 e. The SMILES string of the molecule is Cc1ccccc1-c1c(C(=O)O)nn(C)c1N. The third-order valence-electron chi connectivity index (χ3n) is 2.71. The quantitative estimate of drug-likeness (QED) is 0.823. The second-order valence-corrected chi connectivity index (χ2v) is 3.85. The summed E-state index contributed by atoms with van der Waals surface area (Å²) in [6, 6.07) is 7.49. The summed E-state index contributed by atoms with van der Waals surface area (Å²) in [7, 11) is 1.63. The van der Waals surface area contributed by atoms with Crippen molar-refractivity contribution in [3.8, 4) is 11.1 Å². The van der Waals surface area contributed by atoms with Crippen LogP contribution in [-0.2, 0) is 7.05 Å². The zero-order valence-electron chi connectivity index (χ0n) is 9.64. The van der Waals surface area contributed by atoms with Gasteiger partial charge in [0.2, 0.25) is 0 Å². The summed E-state index contributed by atoms with van der Waals surface area (Å²) in [5.41, 5.74) is 8.12. The van der Waals surface area contributed by atoms with E-state index in [4.69, 9.17) is 10.8 Å². The molecular weight excluding hydrogens is 218 g/mol. The number of hydrogen-bond donors (Lipinski definition) is 2. The number of rotatable bonds is 2. The van der Waals surface area contributed by atoms with Crippen molar-refractivity contribution in [3.05, 3.63) is 35.5 Å². The third kappa shape index (κ3) is 1.75. The first-order valence-electron chi connectivity index (χ1n) is 5.14. The molecule has 3 N–H and O–H groups in total. The van der Waals surface area contributed by atoms with E-state index in [2.05, 4.69) is 5.10 Å². The molecule has 0 saturated carbocycles. The van der Waals surface area contributed by atoms with Crippen LogP contribution in [0.15, 0.2) is 24.3 Å². The molecule has 0 saturated heterocycles. The number of carboxylic acids is 1. The summed E-state index contributed by atoms with van der Waals surface area (Å²) < 4.78 is 1.38. The van der Waals surface area contributed by atoms with Crippen LogP contribution in [0.1, 0.15) is 16.1 Å². The average molecular weight is 231 g/mol. The molecule has 0 aliphatic heterocycles.